The molecule has 0 spiro atoms. The molecule has 3 aromatic rings. The number of benzene rings is 1. The van der Waals surface area contributed by atoms with Crippen molar-refractivity contribution < 1.29 is 24.4 Å². The number of aromatic nitrogens is 3. The number of ether oxygens (including phenoxy) is 2. The van der Waals surface area contributed by atoms with E-state index >= 15 is 0 Å². The summed E-state index contributed by atoms with van der Waals surface area (Å²) >= 11 is 0. The first kappa shape index (κ1) is 21.3. The van der Waals surface area contributed by atoms with Crippen LogP contribution in [-0.2, 0) is 11.3 Å². The SMILES string of the molecule is COCCOc1ccc(-c2noc([C@H]3CCCN3Cc3ccc([NH+]([O-])O)cc3)n2)cn1. The summed E-state index contributed by atoms with van der Waals surface area (Å²) in [4.78, 5) is 11.1. The minimum Gasteiger partial charge on any atom is -0.595 e. The summed E-state index contributed by atoms with van der Waals surface area (Å²) in [5.74, 6) is 1.58. The third-order valence-corrected chi connectivity index (χ3v) is 5.21. The normalized spacial score (nSPS) is 17.7. The molecule has 0 bridgehead atoms. The molecule has 31 heavy (non-hydrogen) atoms. The fourth-order valence-corrected chi connectivity index (χ4v) is 3.60. The van der Waals surface area contributed by atoms with Gasteiger partial charge in [-0.05, 0) is 31.0 Å². The van der Waals surface area contributed by atoms with Gasteiger partial charge in [0, 0.05) is 43.6 Å². The predicted octanol–water partition coefficient (Wildman–Crippen LogP) is 1.90. The van der Waals surface area contributed by atoms with Gasteiger partial charge in [-0.2, -0.15) is 10.2 Å². The molecule has 3 heterocycles. The van der Waals surface area contributed by atoms with E-state index in [1.807, 2.05) is 18.2 Å². The van der Waals surface area contributed by atoms with Gasteiger partial charge in [-0.3, -0.25) is 4.90 Å². The maximum absolute atomic E-state index is 11.0. The quantitative estimate of drug-likeness (QED) is 0.389. The molecule has 0 saturated carbocycles. The summed E-state index contributed by atoms with van der Waals surface area (Å²) in [6.45, 7) is 2.54. The van der Waals surface area contributed by atoms with E-state index in [1.54, 1.807) is 31.5 Å². The first-order valence-corrected chi connectivity index (χ1v) is 10.1. The van der Waals surface area contributed by atoms with Gasteiger partial charge in [-0.25, -0.2) is 10.2 Å². The number of pyridine rings is 1. The van der Waals surface area contributed by atoms with E-state index in [9.17, 15) is 5.21 Å². The van der Waals surface area contributed by atoms with Crippen LogP contribution in [0.1, 0.15) is 30.3 Å². The Morgan fingerprint density at radius 1 is 1.23 bits per heavy atom. The van der Waals surface area contributed by atoms with Gasteiger partial charge in [0.2, 0.25) is 17.6 Å². The molecule has 10 heteroatoms. The molecule has 1 unspecified atom stereocenters. The van der Waals surface area contributed by atoms with Crippen LogP contribution in [0.15, 0.2) is 47.1 Å². The van der Waals surface area contributed by atoms with E-state index in [0.717, 1.165) is 30.5 Å². The van der Waals surface area contributed by atoms with Crippen LogP contribution in [0.25, 0.3) is 11.4 Å². The standard InChI is InChI=1S/C21H25N5O5/c1-29-11-12-30-19-9-6-16(13-22-19)20-23-21(31-24-20)18-3-2-10-25(18)14-15-4-7-17(8-5-15)26(27)28/h4-9,13,18,26-27H,2-3,10-12,14H2,1H3/t18-/m1/s1. The number of hydrogen-bond acceptors (Lipinski definition) is 9. The number of likely N-dealkylation sites (tertiary alicyclic amines) is 1. The summed E-state index contributed by atoms with van der Waals surface area (Å²) < 4.78 is 16.0. The largest absolute Gasteiger partial charge is 0.595 e. The zero-order valence-corrected chi connectivity index (χ0v) is 17.2. The number of rotatable bonds is 9. The maximum Gasteiger partial charge on any atom is 0.244 e. The van der Waals surface area contributed by atoms with Crippen molar-refractivity contribution in [1.29, 1.82) is 0 Å². The van der Waals surface area contributed by atoms with Gasteiger partial charge in [-0.15, -0.1) is 0 Å². The molecule has 2 atom stereocenters. The summed E-state index contributed by atoms with van der Waals surface area (Å²) in [7, 11) is 1.62. The van der Waals surface area contributed by atoms with Crippen LogP contribution in [0.4, 0.5) is 5.69 Å². The van der Waals surface area contributed by atoms with Crippen LogP contribution in [0.3, 0.4) is 0 Å². The number of quaternary nitrogens is 1. The molecule has 2 aromatic heterocycles. The summed E-state index contributed by atoms with van der Waals surface area (Å²) in [5, 5.41) is 23.3. The third-order valence-electron chi connectivity index (χ3n) is 5.21. The van der Waals surface area contributed by atoms with Gasteiger partial charge in [-0.1, -0.05) is 17.3 Å². The smallest absolute Gasteiger partial charge is 0.244 e. The Balaban J connectivity index is 1.41. The van der Waals surface area contributed by atoms with Crippen molar-refractivity contribution in [2.24, 2.45) is 0 Å². The summed E-state index contributed by atoms with van der Waals surface area (Å²) in [5.41, 5.74) is 2.08. The Morgan fingerprint density at radius 3 is 2.77 bits per heavy atom. The van der Waals surface area contributed by atoms with Crippen LogP contribution in [0, 0.1) is 5.21 Å². The van der Waals surface area contributed by atoms with Crippen molar-refractivity contribution in [2.75, 3.05) is 26.9 Å². The Labute approximate surface area is 179 Å². The molecule has 1 saturated heterocycles. The molecular formula is C21H25N5O5. The van der Waals surface area contributed by atoms with Crippen LogP contribution in [-0.4, -0.2) is 52.1 Å². The van der Waals surface area contributed by atoms with Crippen molar-refractivity contribution in [3.8, 4) is 17.3 Å². The molecule has 1 aromatic carbocycles. The minimum atomic E-state index is -0.923. The Morgan fingerprint density at radius 2 is 2.06 bits per heavy atom. The fraction of sp³-hybridized carbons (Fsp3) is 0.381. The monoisotopic (exact) mass is 427 g/mol. The second-order valence-corrected chi connectivity index (χ2v) is 7.31. The van der Waals surface area contributed by atoms with E-state index < -0.39 is 5.23 Å². The van der Waals surface area contributed by atoms with Crippen LogP contribution >= 0.6 is 0 Å². The molecule has 4 rings (SSSR count). The Hall–Kier alpha value is -2.89. The molecule has 0 radical (unpaired) electrons. The highest BCUT2D eigenvalue weighted by Gasteiger charge is 2.31. The van der Waals surface area contributed by atoms with E-state index in [1.165, 1.54) is 0 Å². The van der Waals surface area contributed by atoms with Crippen molar-refractivity contribution in [3.05, 3.63) is 59.3 Å². The van der Waals surface area contributed by atoms with Gasteiger partial charge >= 0.3 is 0 Å². The Kier molecular flexibility index (Phi) is 6.85. The maximum atomic E-state index is 11.0. The molecule has 1 aliphatic heterocycles. The second kappa shape index (κ2) is 9.94. The van der Waals surface area contributed by atoms with Crippen molar-refractivity contribution in [3.63, 3.8) is 0 Å². The molecule has 1 aliphatic rings. The van der Waals surface area contributed by atoms with Gasteiger partial charge in [0.05, 0.1) is 12.6 Å². The zero-order valence-electron chi connectivity index (χ0n) is 17.2. The molecule has 10 nitrogen and oxygen atoms in total. The average molecular weight is 427 g/mol. The lowest BCUT2D eigenvalue weighted by atomic mass is 10.1. The van der Waals surface area contributed by atoms with E-state index in [0.29, 0.717) is 37.4 Å². The summed E-state index contributed by atoms with van der Waals surface area (Å²) in [6.07, 6.45) is 3.62. The topological polar surface area (TPSA) is 121 Å². The lowest BCUT2D eigenvalue weighted by molar-refractivity contribution is -0.991. The number of hydrogen-bond donors (Lipinski definition) is 2. The molecule has 0 aliphatic carbocycles. The van der Waals surface area contributed by atoms with Crippen molar-refractivity contribution in [1.82, 2.24) is 20.0 Å². The van der Waals surface area contributed by atoms with Gasteiger partial charge in [0.15, 0.2) is 5.69 Å². The molecular weight excluding hydrogens is 402 g/mol. The first-order valence-electron chi connectivity index (χ1n) is 10.1. The highest BCUT2D eigenvalue weighted by atomic mass is 16.8. The molecule has 1 fully saturated rings. The Bertz CT molecular complexity index is 961. The van der Waals surface area contributed by atoms with Gasteiger partial charge in [0.25, 0.3) is 0 Å². The average Bonchev–Trinajstić information content (AvgIpc) is 3.44. The van der Waals surface area contributed by atoms with E-state index in [2.05, 4.69) is 20.0 Å². The zero-order chi connectivity index (χ0) is 21.6. The van der Waals surface area contributed by atoms with Crippen LogP contribution in [0.5, 0.6) is 5.88 Å². The molecule has 164 valence electrons. The number of nitrogens with zero attached hydrogens (tertiary/aromatic N) is 4. The third kappa shape index (κ3) is 5.24. The second-order valence-electron chi connectivity index (χ2n) is 7.31. The first-order chi connectivity index (χ1) is 15.1. The fourth-order valence-electron chi connectivity index (χ4n) is 3.60. The lowest BCUT2D eigenvalue weighted by Crippen LogP contribution is -2.99. The molecule has 0 amide bonds. The van der Waals surface area contributed by atoms with Gasteiger partial charge < -0.3 is 19.2 Å². The lowest BCUT2D eigenvalue weighted by Gasteiger charge is -2.21. The predicted molar refractivity (Wildman–Crippen MR) is 110 cm³/mol. The highest BCUT2D eigenvalue weighted by molar-refractivity contribution is 5.53. The number of methoxy groups -OCH3 is 1. The summed E-state index contributed by atoms with van der Waals surface area (Å²) in [6, 6.07) is 10.6. The van der Waals surface area contributed by atoms with Crippen LogP contribution in [0.2, 0.25) is 0 Å². The van der Waals surface area contributed by atoms with E-state index in [4.69, 9.17) is 19.2 Å². The van der Waals surface area contributed by atoms with Crippen molar-refractivity contribution >= 4 is 5.69 Å². The highest BCUT2D eigenvalue weighted by Crippen LogP contribution is 2.33. The molecule has 2 N–H and O–H groups in total. The van der Waals surface area contributed by atoms with Gasteiger partial charge in [0.1, 0.15) is 6.61 Å². The van der Waals surface area contributed by atoms with Crippen molar-refractivity contribution in [2.45, 2.75) is 25.4 Å². The minimum absolute atomic E-state index is 0.0324. The van der Waals surface area contributed by atoms with E-state index in [-0.39, 0.29) is 11.7 Å². The number of nitrogens with one attached hydrogen (secondary N) is 1. The van der Waals surface area contributed by atoms with Crippen LogP contribution < -0.4 is 9.96 Å².